The van der Waals surface area contributed by atoms with Gasteiger partial charge in [-0.3, -0.25) is 0 Å². The lowest BCUT2D eigenvalue weighted by Gasteiger charge is -2.12. The number of hydrogen-bond donors (Lipinski definition) is 2. The van der Waals surface area contributed by atoms with Crippen molar-refractivity contribution in [2.24, 2.45) is 0 Å². The third kappa shape index (κ3) is 4.48. The van der Waals surface area contributed by atoms with Gasteiger partial charge in [-0.05, 0) is 30.5 Å². The molecule has 2 N–H and O–H groups in total. The van der Waals surface area contributed by atoms with Crippen LogP contribution in [0.15, 0.2) is 30.3 Å². The summed E-state index contributed by atoms with van der Waals surface area (Å²) in [5, 5.41) is 6.35. The van der Waals surface area contributed by atoms with E-state index in [1.54, 1.807) is 18.2 Å². The zero-order chi connectivity index (χ0) is 16.4. The van der Waals surface area contributed by atoms with Crippen LogP contribution in [0.2, 0.25) is 5.02 Å². The Morgan fingerprint density at radius 3 is 2.61 bits per heavy atom. The van der Waals surface area contributed by atoms with Gasteiger partial charge >= 0.3 is 6.18 Å². The van der Waals surface area contributed by atoms with Crippen molar-refractivity contribution in [3.63, 3.8) is 0 Å². The molecule has 23 heavy (non-hydrogen) atoms. The van der Waals surface area contributed by atoms with Crippen molar-refractivity contribution < 1.29 is 13.2 Å². The van der Waals surface area contributed by atoms with Gasteiger partial charge in [0.2, 0.25) is 5.95 Å². The molecule has 0 unspecified atom stereocenters. The highest BCUT2D eigenvalue weighted by Gasteiger charge is 2.34. The summed E-state index contributed by atoms with van der Waals surface area (Å²) in [5.74, 6) is 0.117. The highest BCUT2D eigenvalue weighted by Crippen LogP contribution is 2.31. The van der Waals surface area contributed by atoms with E-state index in [1.165, 1.54) is 0 Å². The number of benzene rings is 1. The van der Waals surface area contributed by atoms with Crippen LogP contribution >= 0.6 is 11.6 Å². The number of hydrogen-bond acceptors (Lipinski definition) is 4. The monoisotopic (exact) mass is 342 g/mol. The fraction of sp³-hybridized carbons (Fsp3) is 0.333. The molecule has 2 aromatic rings. The summed E-state index contributed by atoms with van der Waals surface area (Å²) in [6.45, 7) is 0.317. The molecule has 1 aromatic heterocycles. The third-order valence-electron chi connectivity index (χ3n) is 3.29. The van der Waals surface area contributed by atoms with Crippen LogP contribution in [0.4, 0.5) is 24.9 Å². The molecule has 0 spiro atoms. The van der Waals surface area contributed by atoms with E-state index < -0.39 is 11.9 Å². The van der Waals surface area contributed by atoms with Crippen molar-refractivity contribution in [3.05, 3.63) is 46.6 Å². The first-order valence-electron chi connectivity index (χ1n) is 7.11. The third-order valence-corrected chi connectivity index (χ3v) is 3.52. The van der Waals surface area contributed by atoms with E-state index in [2.05, 4.69) is 20.6 Å². The second-order valence-electron chi connectivity index (χ2n) is 5.36. The van der Waals surface area contributed by atoms with Crippen molar-refractivity contribution >= 4 is 23.4 Å². The number of rotatable bonds is 5. The number of halogens is 4. The first-order valence-corrected chi connectivity index (χ1v) is 7.49. The van der Waals surface area contributed by atoms with E-state index in [4.69, 9.17) is 11.6 Å². The lowest BCUT2D eigenvalue weighted by atomic mass is 10.2. The Morgan fingerprint density at radius 2 is 1.96 bits per heavy atom. The van der Waals surface area contributed by atoms with E-state index in [1.807, 2.05) is 6.07 Å². The fourth-order valence-corrected chi connectivity index (χ4v) is 2.21. The summed E-state index contributed by atoms with van der Waals surface area (Å²) in [6, 6.07) is 8.15. The van der Waals surface area contributed by atoms with Crippen molar-refractivity contribution in [1.29, 1.82) is 0 Å². The topological polar surface area (TPSA) is 49.8 Å². The van der Waals surface area contributed by atoms with Crippen LogP contribution in [-0.4, -0.2) is 16.0 Å². The molecular formula is C15H14ClF3N4. The standard InChI is InChI=1S/C15H14ClF3N4/c16-10-3-1-2-9(6-10)8-20-13-7-12(15(17,18)19)22-14(23-13)21-11-4-5-11/h1-3,6-7,11H,4-5,8H2,(H2,20,21,22,23). The summed E-state index contributed by atoms with van der Waals surface area (Å²) in [6.07, 6.45) is -2.68. The van der Waals surface area contributed by atoms with Gasteiger partial charge in [0.05, 0.1) is 0 Å². The molecule has 0 radical (unpaired) electrons. The minimum Gasteiger partial charge on any atom is -0.366 e. The number of anilines is 2. The maximum atomic E-state index is 13.0. The van der Waals surface area contributed by atoms with Gasteiger partial charge in [0.15, 0.2) is 5.69 Å². The Kier molecular flexibility index (Phi) is 4.30. The van der Waals surface area contributed by atoms with Crippen LogP contribution in [-0.2, 0) is 12.7 Å². The van der Waals surface area contributed by atoms with Gasteiger partial charge in [0, 0.05) is 23.7 Å². The zero-order valence-corrected chi connectivity index (χ0v) is 12.7. The molecule has 4 nitrogen and oxygen atoms in total. The highest BCUT2D eigenvalue weighted by atomic mass is 35.5. The Hall–Kier alpha value is -2.02. The van der Waals surface area contributed by atoms with Crippen molar-refractivity contribution in [3.8, 4) is 0 Å². The summed E-state index contributed by atoms with van der Waals surface area (Å²) in [4.78, 5) is 7.64. The van der Waals surface area contributed by atoms with Gasteiger partial charge in [-0.2, -0.15) is 18.2 Å². The van der Waals surface area contributed by atoms with Crippen LogP contribution in [0, 0.1) is 0 Å². The molecule has 0 saturated heterocycles. The van der Waals surface area contributed by atoms with Crippen molar-refractivity contribution in [1.82, 2.24) is 9.97 Å². The predicted molar refractivity (Wildman–Crippen MR) is 82.5 cm³/mol. The Morgan fingerprint density at radius 1 is 1.17 bits per heavy atom. The van der Waals surface area contributed by atoms with Crippen molar-refractivity contribution in [2.45, 2.75) is 31.6 Å². The second-order valence-corrected chi connectivity index (χ2v) is 5.80. The van der Waals surface area contributed by atoms with Gasteiger partial charge in [0.1, 0.15) is 5.82 Å². The Labute approximate surface area is 136 Å². The molecule has 122 valence electrons. The van der Waals surface area contributed by atoms with Crippen LogP contribution in [0.5, 0.6) is 0 Å². The molecule has 1 fully saturated rings. The molecule has 1 aliphatic rings. The quantitative estimate of drug-likeness (QED) is 0.849. The smallest absolute Gasteiger partial charge is 0.366 e. The van der Waals surface area contributed by atoms with Crippen LogP contribution in [0.1, 0.15) is 24.1 Å². The predicted octanol–water partition coefficient (Wildman–Crippen LogP) is 4.34. The minimum atomic E-state index is -4.52. The van der Waals surface area contributed by atoms with E-state index in [0.717, 1.165) is 24.5 Å². The lowest BCUT2D eigenvalue weighted by Crippen LogP contribution is -2.15. The molecule has 0 aliphatic heterocycles. The molecule has 1 aliphatic carbocycles. The van der Waals surface area contributed by atoms with Crippen molar-refractivity contribution in [2.75, 3.05) is 10.6 Å². The molecule has 3 rings (SSSR count). The first kappa shape index (κ1) is 15.9. The van der Waals surface area contributed by atoms with Crippen LogP contribution in [0.25, 0.3) is 0 Å². The molecule has 1 aromatic carbocycles. The van der Waals surface area contributed by atoms with Crippen LogP contribution < -0.4 is 10.6 Å². The number of nitrogens with zero attached hydrogens (tertiary/aromatic N) is 2. The molecule has 0 bridgehead atoms. The summed E-state index contributed by atoms with van der Waals surface area (Å²) >= 11 is 5.89. The minimum absolute atomic E-state index is 0.00378. The SMILES string of the molecule is FC(F)(F)c1cc(NCc2cccc(Cl)c2)nc(NC2CC2)n1. The van der Waals surface area contributed by atoms with Crippen LogP contribution in [0.3, 0.4) is 0 Å². The normalized spacial score (nSPS) is 14.6. The van der Waals surface area contributed by atoms with E-state index >= 15 is 0 Å². The number of nitrogens with one attached hydrogen (secondary N) is 2. The van der Waals surface area contributed by atoms with E-state index in [9.17, 15) is 13.2 Å². The molecule has 1 heterocycles. The van der Waals surface area contributed by atoms with Gasteiger partial charge < -0.3 is 10.6 Å². The highest BCUT2D eigenvalue weighted by molar-refractivity contribution is 6.30. The fourth-order valence-electron chi connectivity index (χ4n) is 2.00. The van der Waals surface area contributed by atoms with E-state index in [0.29, 0.717) is 11.6 Å². The molecule has 1 saturated carbocycles. The van der Waals surface area contributed by atoms with Gasteiger partial charge in [-0.1, -0.05) is 23.7 Å². The zero-order valence-electron chi connectivity index (χ0n) is 12.0. The number of alkyl halides is 3. The maximum Gasteiger partial charge on any atom is 0.433 e. The lowest BCUT2D eigenvalue weighted by molar-refractivity contribution is -0.141. The molecule has 8 heteroatoms. The Balaban J connectivity index is 1.79. The maximum absolute atomic E-state index is 13.0. The van der Waals surface area contributed by atoms with Gasteiger partial charge in [-0.25, -0.2) is 4.98 Å². The average Bonchev–Trinajstić information content (AvgIpc) is 3.28. The molecule has 0 amide bonds. The second kappa shape index (κ2) is 6.23. The number of aromatic nitrogens is 2. The van der Waals surface area contributed by atoms with Gasteiger partial charge in [-0.15, -0.1) is 0 Å². The molecular weight excluding hydrogens is 329 g/mol. The Bertz CT molecular complexity index is 701. The first-order chi connectivity index (χ1) is 10.9. The van der Waals surface area contributed by atoms with Gasteiger partial charge in [0.25, 0.3) is 0 Å². The largest absolute Gasteiger partial charge is 0.433 e. The summed E-state index contributed by atoms with van der Waals surface area (Å²) in [7, 11) is 0. The summed E-state index contributed by atoms with van der Waals surface area (Å²) in [5.41, 5.74) is -0.120. The molecule has 0 atom stereocenters. The average molecular weight is 343 g/mol. The van der Waals surface area contributed by atoms with E-state index in [-0.39, 0.29) is 17.8 Å². The summed E-state index contributed by atoms with van der Waals surface area (Å²) < 4.78 is 38.9.